The summed E-state index contributed by atoms with van der Waals surface area (Å²) in [5.74, 6) is 1.04. The van der Waals surface area contributed by atoms with Gasteiger partial charge in [-0.05, 0) is 35.0 Å². The van der Waals surface area contributed by atoms with Gasteiger partial charge >= 0.3 is 5.97 Å². The Labute approximate surface area is 126 Å². The molecule has 0 saturated carbocycles. The molecule has 5 nitrogen and oxygen atoms in total. The van der Waals surface area contributed by atoms with Gasteiger partial charge in [0.25, 0.3) is 0 Å². The molecule has 0 aliphatic heterocycles. The first-order valence-corrected chi connectivity index (χ1v) is 6.71. The molecule has 1 aromatic rings. The minimum Gasteiger partial charge on any atom is -0.493 e. The normalized spacial score (nSPS) is 10.4. The molecule has 6 heteroatoms. The molecule has 110 valence electrons. The molecule has 0 atom stereocenters. The Hall–Kier alpha value is -1.69. The van der Waals surface area contributed by atoms with Crippen LogP contribution in [0.25, 0.3) is 6.08 Å². The number of esters is 1. The minimum absolute atomic E-state index is 0.327. The molecule has 0 aliphatic carbocycles. The molecule has 1 aromatic carbocycles. The third-order valence-electron chi connectivity index (χ3n) is 2.49. The van der Waals surface area contributed by atoms with Gasteiger partial charge in [-0.2, -0.15) is 0 Å². The number of rotatable bonds is 6. The van der Waals surface area contributed by atoms with Crippen molar-refractivity contribution in [1.82, 2.24) is 0 Å². The molecule has 0 radical (unpaired) electrons. The number of carbonyl (C=O) groups excluding carboxylic acids is 1. The van der Waals surface area contributed by atoms with E-state index in [2.05, 4.69) is 15.9 Å². The van der Waals surface area contributed by atoms with Crippen LogP contribution in [0.4, 0.5) is 0 Å². The summed E-state index contributed by atoms with van der Waals surface area (Å²) < 4.78 is 21.4. The topological polar surface area (TPSA) is 54.0 Å². The van der Waals surface area contributed by atoms with Crippen molar-refractivity contribution in [3.63, 3.8) is 0 Å². The number of halogens is 1. The summed E-state index contributed by atoms with van der Waals surface area (Å²) in [6.07, 6.45) is 2.93. The molecule has 0 spiro atoms. The zero-order valence-electron chi connectivity index (χ0n) is 11.9. The van der Waals surface area contributed by atoms with Crippen molar-refractivity contribution in [2.75, 3.05) is 27.9 Å². The Kier molecular flexibility index (Phi) is 6.38. The fourth-order valence-electron chi connectivity index (χ4n) is 1.65. The summed E-state index contributed by atoms with van der Waals surface area (Å²) in [5.41, 5.74) is 0.665. The van der Waals surface area contributed by atoms with Crippen LogP contribution in [0.1, 0.15) is 12.5 Å². The molecule has 0 saturated heterocycles. The molecule has 0 amide bonds. The summed E-state index contributed by atoms with van der Waals surface area (Å²) >= 11 is 3.41. The molecular formula is C14H17BrO5. The first-order valence-electron chi connectivity index (χ1n) is 5.92. The van der Waals surface area contributed by atoms with Crippen LogP contribution in [0.5, 0.6) is 17.2 Å². The van der Waals surface area contributed by atoms with Crippen LogP contribution in [0, 0.1) is 0 Å². The first-order chi connectivity index (χ1) is 9.58. The number of methoxy groups -OCH3 is 3. The Morgan fingerprint density at radius 1 is 1.20 bits per heavy atom. The maximum absolute atomic E-state index is 11.4. The van der Waals surface area contributed by atoms with E-state index in [1.165, 1.54) is 27.4 Å². The van der Waals surface area contributed by atoms with Gasteiger partial charge in [0.2, 0.25) is 5.75 Å². The summed E-state index contributed by atoms with van der Waals surface area (Å²) in [7, 11) is 4.58. The molecule has 0 aromatic heterocycles. The van der Waals surface area contributed by atoms with E-state index in [4.69, 9.17) is 18.9 Å². The number of hydrogen-bond acceptors (Lipinski definition) is 5. The number of benzene rings is 1. The van der Waals surface area contributed by atoms with E-state index in [1.807, 2.05) is 0 Å². The van der Waals surface area contributed by atoms with Crippen molar-refractivity contribution in [3.05, 3.63) is 22.2 Å². The lowest BCUT2D eigenvalue weighted by molar-refractivity contribution is -0.137. The van der Waals surface area contributed by atoms with Gasteiger partial charge in [0.05, 0.1) is 27.9 Å². The van der Waals surface area contributed by atoms with E-state index >= 15 is 0 Å². The van der Waals surface area contributed by atoms with Gasteiger partial charge in [-0.1, -0.05) is 0 Å². The predicted molar refractivity (Wildman–Crippen MR) is 79.5 cm³/mol. The number of carbonyl (C=O) groups is 1. The van der Waals surface area contributed by atoms with Crippen molar-refractivity contribution in [3.8, 4) is 17.2 Å². The molecule has 0 unspecified atom stereocenters. The summed E-state index contributed by atoms with van der Waals surface area (Å²) in [4.78, 5) is 11.4. The van der Waals surface area contributed by atoms with Crippen LogP contribution in [-0.4, -0.2) is 33.9 Å². The van der Waals surface area contributed by atoms with Crippen molar-refractivity contribution in [2.45, 2.75) is 6.92 Å². The van der Waals surface area contributed by atoms with E-state index in [1.54, 1.807) is 19.1 Å². The van der Waals surface area contributed by atoms with Crippen molar-refractivity contribution < 1.29 is 23.7 Å². The van der Waals surface area contributed by atoms with Crippen molar-refractivity contribution in [1.29, 1.82) is 0 Å². The van der Waals surface area contributed by atoms with Gasteiger partial charge in [-0.3, -0.25) is 0 Å². The third-order valence-corrected chi connectivity index (χ3v) is 3.15. The molecule has 1 rings (SSSR count). The highest BCUT2D eigenvalue weighted by atomic mass is 79.9. The Morgan fingerprint density at radius 3 is 2.35 bits per heavy atom. The lowest BCUT2D eigenvalue weighted by atomic mass is 10.1. The molecule has 0 N–H and O–H groups in total. The van der Waals surface area contributed by atoms with Crippen LogP contribution >= 0.6 is 15.9 Å². The molecule has 0 aliphatic rings. The SMILES string of the molecule is CCOC(=O)/C=C/c1c(Br)cc(OC)c(OC)c1OC. The van der Waals surface area contributed by atoms with E-state index in [0.717, 1.165) is 0 Å². The molecule has 0 heterocycles. The summed E-state index contributed by atoms with van der Waals surface area (Å²) in [5, 5.41) is 0. The number of ether oxygens (including phenoxy) is 4. The van der Waals surface area contributed by atoms with Crippen LogP contribution in [0.3, 0.4) is 0 Å². The minimum atomic E-state index is -0.420. The zero-order valence-corrected chi connectivity index (χ0v) is 13.4. The third kappa shape index (κ3) is 3.66. The van der Waals surface area contributed by atoms with Gasteiger partial charge in [0.15, 0.2) is 11.5 Å². The Bertz CT molecular complexity index is 511. The average molecular weight is 345 g/mol. The largest absolute Gasteiger partial charge is 0.493 e. The van der Waals surface area contributed by atoms with E-state index < -0.39 is 5.97 Å². The van der Waals surface area contributed by atoms with Gasteiger partial charge in [-0.25, -0.2) is 4.79 Å². The van der Waals surface area contributed by atoms with Crippen LogP contribution in [0.15, 0.2) is 16.6 Å². The van der Waals surface area contributed by atoms with E-state index in [9.17, 15) is 4.79 Å². The van der Waals surface area contributed by atoms with Crippen LogP contribution in [0.2, 0.25) is 0 Å². The average Bonchev–Trinajstić information content (AvgIpc) is 2.44. The van der Waals surface area contributed by atoms with Gasteiger partial charge < -0.3 is 18.9 Å². The zero-order chi connectivity index (χ0) is 15.1. The maximum Gasteiger partial charge on any atom is 0.330 e. The molecular weight excluding hydrogens is 328 g/mol. The Morgan fingerprint density at radius 2 is 1.85 bits per heavy atom. The highest BCUT2D eigenvalue weighted by Crippen LogP contribution is 2.44. The first kappa shape index (κ1) is 16.4. The molecule has 20 heavy (non-hydrogen) atoms. The maximum atomic E-state index is 11.4. The molecule has 0 fully saturated rings. The quantitative estimate of drug-likeness (QED) is 0.586. The standard InChI is InChI=1S/C14H17BrO5/c1-5-20-12(16)7-6-9-10(15)8-11(17-2)14(19-4)13(9)18-3/h6-8H,5H2,1-4H3/b7-6+. The highest BCUT2D eigenvalue weighted by Gasteiger charge is 2.18. The monoisotopic (exact) mass is 344 g/mol. The van der Waals surface area contributed by atoms with Crippen molar-refractivity contribution >= 4 is 28.0 Å². The molecule has 0 bridgehead atoms. The summed E-state index contributed by atoms with van der Waals surface area (Å²) in [6, 6.07) is 1.74. The highest BCUT2D eigenvalue weighted by molar-refractivity contribution is 9.10. The van der Waals surface area contributed by atoms with Crippen molar-refractivity contribution in [2.24, 2.45) is 0 Å². The fraction of sp³-hybridized carbons (Fsp3) is 0.357. The second-order valence-electron chi connectivity index (χ2n) is 3.63. The smallest absolute Gasteiger partial charge is 0.330 e. The Balaban J connectivity index is 3.28. The van der Waals surface area contributed by atoms with E-state index in [0.29, 0.717) is 33.9 Å². The second kappa shape index (κ2) is 7.79. The van der Waals surface area contributed by atoms with Gasteiger partial charge in [-0.15, -0.1) is 0 Å². The fourth-order valence-corrected chi connectivity index (χ4v) is 2.17. The van der Waals surface area contributed by atoms with E-state index in [-0.39, 0.29) is 0 Å². The predicted octanol–water partition coefficient (Wildman–Crippen LogP) is 3.05. The van der Waals surface area contributed by atoms with Gasteiger partial charge in [0, 0.05) is 16.1 Å². The lowest BCUT2D eigenvalue weighted by Crippen LogP contribution is -2.00. The van der Waals surface area contributed by atoms with Crippen LogP contribution in [-0.2, 0) is 9.53 Å². The summed E-state index contributed by atoms with van der Waals surface area (Å²) in [6.45, 7) is 2.08. The lowest BCUT2D eigenvalue weighted by Gasteiger charge is -2.15. The van der Waals surface area contributed by atoms with Gasteiger partial charge in [0.1, 0.15) is 0 Å². The second-order valence-corrected chi connectivity index (χ2v) is 4.48. The van der Waals surface area contributed by atoms with Crippen LogP contribution < -0.4 is 14.2 Å². The number of hydrogen-bond donors (Lipinski definition) is 0.